The van der Waals surface area contributed by atoms with Crippen LogP contribution in [-0.4, -0.2) is 34.1 Å². The molecule has 0 spiro atoms. The normalized spacial score (nSPS) is 15.9. The smallest absolute Gasteiger partial charge is 0.306 e. The molecule has 1 aromatic heterocycles. The molecular weight excluding hydrogens is 286 g/mol. The van der Waals surface area contributed by atoms with Gasteiger partial charge in [0.05, 0.1) is 16.2 Å². The summed E-state index contributed by atoms with van der Waals surface area (Å²) in [5, 5.41) is 21.5. The molecule has 0 radical (unpaired) electrons. The molecule has 1 aliphatic heterocycles. The van der Waals surface area contributed by atoms with Gasteiger partial charge in [-0.25, -0.2) is 4.98 Å². The summed E-state index contributed by atoms with van der Waals surface area (Å²) in [6.07, 6.45) is 2.68. The highest BCUT2D eigenvalue weighted by molar-refractivity contribution is 5.98. The van der Waals surface area contributed by atoms with E-state index in [2.05, 4.69) is 4.98 Å². The van der Waals surface area contributed by atoms with Gasteiger partial charge in [0.2, 0.25) is 0 Å². The van der Waals surface area contributed by atoms with Gasteiger partial charge in [0, 0.05) is 30.7 Å². The third-order valence-electron chi connectivity index (χ3n) is 4.10. The molecule has 0 atom stereocenters. The Hall–Kier alpha value is -2.70. The van der Waals surface area contributed by atoms with Gasteiger partial charge in [-0.2, -0.15) is 0 Å². The maximum atomic E-state index is 11.1. The summed E-state index contributed by atoms with van der Waals surface area (Å²) in [6, 6.07) is 6.58. The monoisotopic (exact) mass is 301 g/mol. The van der Waals surface area contributed by atoms with Gasteiger partial charge < -0.3 is 10.0 Å². The lowest BCUT2D eigenvalue weighted by Gasteiger charge is -2.31. The van der Waals surface area contributed by atoms with Crippen LogP contribution in [0.1, 0.15) is 12.8 Å². The van der Waals surface area contributed by atoms with Crippen LogP contribution in [0, 0.1) is 16.0 Å². The van der Waals surface area contributed by atoms with Gasteiger partial charge in [0.15, 0.2) is 0 Å². The number of hydrogen-bond donors (Lipinski definition) is 1. The van der Waals surface area contributed by atoms with Crippen LogP contribution in [0.15, 0.2) is 30.5 Å². The first kappa shape index (κ1) is 14.2. The van der Waals surface area contributed by atoms with E-state index in [1.807, 2.05) is 11.0 Å². The lowest BCUT2D eigenvalue weighted by atomic mass is 9.97. The molecule has 0 aliphatic carbocycles. The van der Waals surface area contributed by atoms with Crippen LogP contribution >= 0.6 is 0 Å². The first-order valence-electron chi connectivity index (χ1n) is 7.08. The van der Waals surface area contributed by atoms with Gasteiger partial charge in [-0.1, -0.05) is 12.1 Å². The molecule has 1 aliphatic rings. The number of carboxylic acid groups (broad SMARTS) is 1. The van der Waals surface area contributed by atoms with Crippen molar-refractivity contribution in [2.75, 3.05) is 18.0 Å². The number of anilines is 1. The van der Waals surface area contributed by atoms with Gasteiger partial charge in [-0.3, -0.25) is 14.9 Å². The standard InChI is InChI=1S/C15H15N3O4/c19-15(20)10-5-8-17(9-6-10)14-12-2-1-3-13(18(21)22)11(12)4-7-16-14/h1-4,7,10H,5-6,8-9H2,(H,19,20). The molecule has 114 valence electrons. The van der Waals surface area contributed by atoms with Crippen molar-refractivity contribution in [1.29, 1.82) is 0 Å². The second-order valence-electron chi connectivity index (χ2n) is 5.36. The summed E-state index contributed by atoms with van der Waals surface area (Å²) in [5.41, 5.74) is 0.0570. The van der Waals surface area contributed by atoms with Gasteiger partial charge >= 0.3 is 5.97 Å². The molecule has 0 saturated carbocycles. The Morgan fingerprint density at radius 3 is 2.64 bits per heavy atom. The van der Waals surface area contributed by atoms with Crippen molar-refractivity contribution in [3.8, 4) is 0 Å². The topological polar surface area (TPSA) is 96.6 Å². The fourth-order valence-corrected chi connectivity index (χ4v) is 2.92. The maximum absolute atomic E-state index is 11.1. The Bertz CT molecular complexity index is 739. The number of piperidine rings is 1. The molecule has 1 saturated heterocycles. The van der Waals surface area contributed by atoms with E-state index in [0.29, 0.717) is 37.1 Å². The van der Waals surface area contributed by atoms with Crippen molar-refractivity contribution in [2.24, 2.45) is 5.92 Å². The largest absolute Gasteiger partial charge is 0.481 e. The highest BCUT2D eigenvalue weighted by Gasteiger charge is 2.26. The number of aliphatic carboxylic acids is 1. The van der Waals surface area contributed by atoms with Crippen LogP contribution in [-0.2, 0) is 4.79 Å². The maximum Gasteiger partial charge on any atom is 0.306 e. The first-order valence-corrected chi connectivity index (χ1v) is 7.08. The Balaban J connectivity index is 1.97. The van der Waals surface area contributed by atoms with E-state index in [0.717, 1.165) is 5.39 Å². The van der Waals surface area contributed by atoms with E-state index in [1.54, 1.807) is 18.3 Å². The van der Waals surface area contributed by atoms with E-state index >= 15 is 0 Å². The van der Waals surface area contributed by atoms with E-state index in [4.69, 9.17) is 5.11 Å². The zero-order valence-electron chi connectivity index (χ0n) is 11.8. The van der Waals surface area contributed by atoms with Crippen molar-refractivity contribution in [1.82, 2.24) is 4.98 Å². The summed E-state index contributed by atoms with van der Waals surface area (Å²) >= 11 is 0. The van der Waals surface area contributed by atoms with Crippen molar-refractivity contribution in [3.63, 3.8) is 0 Å². The highest BCUT2D eigenvalue weighted by Crippen LogP contribution is 2.32. The zero-order valence-corrected chi connectivity index (χ0v) is 11.8. The lowest BCUT2D eigenvalue weighted by Crippen LogP contribution is -2.36. The van der Waals surface area contributed by atoms with Gasteiger partial charge in [0.1, 0.15) is 5.82 Å². The Morgan fingerprint density at radius 1 is 1.27 bits per heavy atom. The van der Waals surface area contributed by atoms with E-state index in [9.17, 15) is 14.9 Å². The fourth-order valence-electron chi connectivity index (χ4n) is 2.92. The number of non-ortho nitro benzene ring substituents is 1. The summed E-state index contributed by atoms with van der Waals surface area (Å²) in [5.74, 6) is -0.397. The SMILES string of the molecule is O=C(O)C1CCN(c2nccc3c([N+](=O)[O-])cccc23)CC1. The average Bonchev–Trinajstić information content (AvgIpc) is 2.53. The minimum atomic E-state index is -0.763. The number of carbonyl (C=O) groups is 1. The van der Waals surface area contributed by atoms with Crippen molar-refractivity contribution >= 4 is 28.2 Å². The third-order valence-corrected chi connectivity index (χ3v) is 4.10. The number of rotatable bonds is 3. The van der Waals surface area contributed by atoms with Crippen LogP contribution in [0.4, 0.5) is 11.5 Å². The number of aromatic nitrogens is 1. The Labute approximate surface area is 126 Å². The molecular formula is C15H15N3O4. The molecule has 3 rings (SSSR count). The molecule has 0 amide bonds. The van der Waals surface area contributed by atoms with Crippen LogP contribution in [0.5, 0.6) is 0 Å². The number of nitrogens with zero attached hydrogens (tertiary/aromatic N) is 3. The minimum absolute atomic E-state index is 0.0570. The van der Waals surface area contributed by atoms with E-state index in [-0.39, 0.29) is 11.6 Å². The number of hydrogen-bond acceptors (Lipinski definition) is 5. The number of carboxylic acids is 1. The summed E-state index contributed by atoms with van der Waals surface area (Å²) < 4.78 is 0. The van der Waals surface area contributed by atoms with Crippen LogP contribution < -0.4 is 4.90 Å². The highest BCUT2D eigenvalue weighted by atomic mass is 16.6. The molecule has 0 unspecified atom stereocenters. The zero-order chi connectivity index (χ0) is 15.7. The van der Waals surface area contributed by atoms with Gasteiger partial charge in [-0.05, 0) is 18.9 Å². The predicted octanol–water partition coefficient (Wildman–Crippen LogP) is 2.44. The summed E-state index contributed by atoms with van der Waals surface area (Å²) in [7, 11) is 0. The third kappa shape index (κ3) is 2.45. The van der Waals surface area contributed by atoms with Gasteiger partial charge in [0.25, 0.3) is 5.69 Å². The van der Waals surface area contributed by atoms with Crippen LogP contribution in [0.3, 0.4) is 0 Å². The molecule has 22 heavy (non-hydrogen) atoms. The fraction of sp³-hybridized carbons (Fsp3) is 0.333. The predicted molar refractivity (Wildman–Crippen MR) is 81.0 cm³/mol. The van der Waals surface area contributed by atoms with Crippen molar-refractivity contribution < 1.29 is 14.8 Å². The van der Waals surface area contributed by atoms with Gasteiger partial charge in [-0.15, -0.1) is 0 Å². The van der Waals surface area contributed by atoms with Crippen molar-refractivity contribution in [2.45, 2.75) is 12.8 Å². The van der Waals surface area contributed by atoms with E-state index < -0.39 is 10.9 Å². The number of nitro benzene ring substituents is 1. The molecule has 7 heteroatoms. The Morgan fingerprint density at radius 2 is 2.00 bits per heavy atom. The summed E-state index contributed by atoms with van der Waals surface area (Å²) in [6.45, 7) is 1.18. The second-order valence-corrected chi connectivity index (χ2v) is 5.36. The average molecular weight is 301 g/mol. The number of benzene rings is 1. The van der Waals surface area contributed by atoms with Crippen molar-refractivity contribution in [3.05, 3.63) is 40.6 Å². The molecule has 2 aromatic rings. The number of nitro groups is 1. The van der Waals surface area contributed by atoms with Crippen LogP contribution in [0.25, 0.3) is 10.8 Å². The minimum Gasteiger partial charge on any atom is -0.481 e. The Kier molecular flexibility index (Phi) is 3.62. The second kappa shape index (κ2) is 5.59. The molecule has 7 nitrogen and oxygen atoms in total. The number of fused-ring (bicyclic) bond motifs is 1. The molecule has 1 aromatic carbocycles. The molecule has 2 heterocycles. The molecule has 1 N–H and O–H groups in total. The van der Waals surface area contributed by atoms with Crippen LogP contribution in [0.2, 0.25) is 0 Å². The number of pyridine rings is 1. The first-order chi connectivity index (χ1) is 10.6. The van der Waals surface area contributed by atoms with E-state index in [1.165, 1.54) is 6.07 Å². The molecule has 0 bridgehead atoms. The lowest BCUT2D eigenvalue weighted by molar-refractivity contribution is -0.383. The molecule has 1 fully saturated rings. The summed E-state index contributed by atoms with van der Waals surface area (Å²) in [4.78, 5) is 28.1. The quantitative estimate of drug-likeness (QED) is 0.691.